The topological polar surface area (TPSA) is 34.1 Å². The van der Waals surface area contributed by atoms with E-state index in [1.54, 1.807) is 18.4 Å². The number of nitrogens with one attached hydrogen (secondary N) is 1. The minimum Gasteiger partial charge on any atom is -0.496 e. The molecule has 0 bridgehead atoms. The van der Waals surface area contributed by atoms with Gasteiger partial charge in [0.1, 0.15) is 10.8 Å². The third kappa shape index (κ3) is 3.81. The third-order valence-corrected chi connectivity index (χ3v) is 3.96. The summed E-state index contributed by atoms with van der Waals surface area (Å²) in [7, 11) is 1.70. The van der Waals surface area contributed by atoms with Gasteiger partial charge < -0.3 is 10.1 Å². The van der Waals surface area contributed by atoms with Crippen molar-refractivity contribution in [1.29, 1.82) is 0 Å². The lowest BCUT2D eigenvalue weighted by molar-refractivity contribution is 0.416. The number of hydrogen-bond acceptors (Lipinski definition) is 4. The number of aromatic nitrogens is 1. The van der Waals surface area contributed by atoms with Crippen LogP contribution in [0.1, 0.15) is 31.2 Å². The first-order valence-corrected chi connectivity index (χ1v) is 7.55. The Morgan fingerprint density at radius 2 is 2.05 bits per heavy atom. The molecule has 0 radical (unpaired) electrons. The van der Waals surface area contributed by atoms with Gasteiger partial charge in [-0.3, -0.25) is 0 Å². The first-order chi connectivity index (χ1) is 9.39. The highest BCUT2D eigenvalue weighted by atomic mass is 32.1. The Hall–Kier alpha value is -1.39. The quantitative estimate of drug-likeness (QED) is 0.923. The Balaban J connectivity index is 2.20. The minimum absolute atomic E-state index is 0.117. The van der Waals surface area contributed by atoms with Crippen molar-refractivity contribution in [2.24, 2.45) is 0 Å². The summed E-state index contributed by atoms with van der Waals surface area (Å²) in [5, 5.41) is 4.49. The van der Waals surface area contributed by atoms with Gasteiger partial charge >= 0.3 is 0 Å². The zero-order chi connectivity index (χ0) is 14.8. The maximum Gasteiger partial charge on any atom is 0.129 e. The van der Waals surface area contributed by atoms with E-state index in [0.29, 0.717) is 0 Å². The van der Waals surface area contributed by atoms with E-state index < -0.39 is 0 Å². The fraction of sp³-hybridized carbons (Fsp3) is 0.438. The van der Waals surface area contributed by atoms with Crippen molar-refractivity contribution in [3.05, 3.63) is 34.8 Å². The number of aryl methyl sites for hydroxylation is 1. The predicted octanol–water partition coefficient (Wildman–Crippen LogP) is 4.02. The van der Waals surface area contributed by atoms with Crippen molar-refractivity contribution < 1.29 is 4.74 Å². The zero-order valence-electron chi connectivity index (χ0n) is 12.8. The summed E-state index contributed by atoms with van der Waals surface area (Å²) >= 11 is 1.71. The van der Waals surface area contributed by atoms with Crippen LogP contribution in [0.4, 0.5) is 0 Å². The largest absolute Gasteiger partial charge is 0.496 e. The molecule has 2 aromatic rings. The summed E-state index contributed by atoms with van der Waals surface area (Å²) in [5.74, 6) is 0.884. The van der Waals surface area contributed by atoms with Crippen LogP contribution in [0, 0.1) is 6.92 Å². The van der Waals surface area contributed by atoms with Crippen LogP contribution in [-0.2, 0) is 6.54 Å². The van der Waals surface area contributed by atoms with Gasteiger partial charge in [-0.2, -0.15) is 0 Å². The number of hydrogen-bond donors (Lipinski definition) is 1. The van der Waals surface area contributed by atoms with E-state index in [1.165, 1.54) is 10.4 Å². The highest BCUT2D eigenvalue weighted by Crippen LogP contribution is 2.33. The van der Waals surface area contributed by atoms with E-state index in [4.69, 9.17) is 4.74 Å². The minimum atomic E-state index is 0.117. The van der Waals surface area contributed by atoms with Crippen molar-refractivity contribution in [2.75, 3.05) is 7.11 Å². The molecule has 4 heteroatoms. The summed E-state index contributed by atoms with van der Waals surface area (Å²) in [6, 6.07) is 6.21. The van der Waals surface area contributed by atoms with Gasteiger partial charge in [-0.05, 0) is 45.4 Å². The van der Waals surface area contributed by atoms with Gasteiger partial charge in [0.15, 0.2) is 0 Å². The molecule has 20 heavy (non-hydrogen) atoms. The Bertz CT molecular complexity index is 584. The van der Waals surface area contributed by atoms with Gasteiger partial charge in [-0.25, -0.2) is 4.98 Å². The number of rotatable bonds is 4. The molecule has 0 saturated heterocycles. The fourth-order valence-corrected chi connectivity index (χ4v) is 2.72. The Labute approximate surface area is 125 Å². The van der Waals surface area contributed by atoms with Gasteiger partial charge in [-0.15, -0.1) is 11.3 Å². The molecule has 0 amide bonds. The lowest BCUT2D eigenvalue weighted by Crippen LogP contribution is -2.34. The van der Waals surface area contributed by atoms with E-state index in [-0.39, 0.29) is 5.54 Å². The molecule has 0 spiro atoms. The number of benzene rings is 1. The molecular weight excluding hydrogens is 268 g/mol. The summed E-state index contributed by atoms with van der Waals surface area (Å²) < 4.78 is 5.46. The number of ether oxygens (including phenoxy) is 1. The van der Waals surface area contributed by atoms with Crippen molar-refractivity contribution in [1.82, 2.24) is 10.3 Å². The number of thiazole rings is 1. The van der Waals surface area contributed by atoms with Gasteiger partial charge in [0.25, 0.3) is 0 Å². The molecule has 1 heterocycles. The molecule has 0 fully saturated rings. The SMILES string of the molecule is COc1cc(C)ccc1-c1ncc(CNC(C)(C)C)s1. The predicted molar refractivity (Wildman–Crippen MR) is 85.4 cm³/mol. The maximum atomic E-state index is 5.46. The second-order valence-corrected chi connectivity index (χ2v) is 7.05. The summed E-state index contributed by atoms with van der Waals surface area (Å²) in [4.78, 5) is 5.76. The van der Waals surface area contributed by atoms with Crippen molar-refractivity contribution >= 4 is 11.3 Å². The molecule has 3 nitrogen and oxygen atoms in total. The fourth-order valence-electron chi connectivity index (χ4n) is 1.84. The van der Waals surface area contributed by atoms with Crippen LogP contribution >= 0.6 is 11.3 Å². The molecule has 2 rings (SSSR count). The smallest absolute Gasteiger partial charge is 0.129 e. The molecule has 0 aliphatic heterocycles. The first-order valence-electron chi connectivity index (χ1n) is 6.74. The van der Waals surface area contributed by atoms with Crippen LogP contribution in [0.25, 0.3) is 10.6 Å². The van der Waals surface area contributed by atoms with Crippen LogP contribution in [0.15, 0.2) is 24.4 Å². The first kappa shape index (κ1) is 15.0. The number of methoxy groups -OCH3 is 1. The van der Waals surface area contributed by atoms with E-state index in [1.807, 2.05) is 12.3 Å². The molecular formula is C16H22N2OS. The standard InChI is InChI=1S/C16H22N2OS/c1-11-6-7-13(14(8-11)19-5)15-17-9-12(20-15)10-18-16(2,3)4/h6-9,18H,10H2,1-5H3. The average Bonchev–Trinajstić information content (AvgIpc) is 2.84. The zero-order valence-corrected chi connectivity index (χ0v) is 13.6. The van der Waals surface area contributed by atoms with Crippen molar-refractivity contribution in [2.45, 2.75) is 39.8 Å². The molecule has 0 saturated carbocycles. The Morgan fingerprint density at radius 1 is 1.30 bits per heavy atom. The molecule has 1 aromatic carbocycles. The van der Waals surface area contributed by atoms with Crippen LogP contribution in [-0.4, -0.2) is 17.6 Å². The van der Waals surface area contributed by atoms with Crippen molar-refractivity contribution in [3.8, 4) is 16.3 Å². The summed E-state index contributed by atoms with van der Waals surface area (Å²) in [6.07, 6.45) is 1.94. The highest BCUT2D eigenvalue weighted by Gasteiger charge is 2.13. The molecule has 1 N–H and O–H groups in total. The lowest BCUT2D eigenvalue weighted by atomic mass is 10.1. The van der Waals surface area contributed by atoms with E-state index in [0.717, 1.165) is 22.9 Å². The monoisotopic (exact) mass is 290 g/mol. The Kier molecular flexibility index (Phi) is 4.45. The summed E-state index contributed by atoms with van der Waals surface area (Å²) in [5.41, 5.74) is 2.37. The van der Waals surface area contributed by atoms with E-state index in [2.05, 4.69) is 50.1 Å². The summed E-state index contributed by atoms with van der Waals surface area (Å²) in [6.45, 7) is 9.40. The third-order valence-electron chi connectivity index (χ3n) is 2.93. The van der Waals surface area contributed by atoms with E-state index in [9.17, 15) is 0 Å². The van der Waals surface area contributed by atoms with Gasteiger partial charge in [0.05, 0.1) is 12.7 Å². The molecule has 108 valence electrons. The van der Waals surface area contributed by atoms with Crippen LogP contribution in [0.3, 0.4) is 0 Å². The molecule has 1 aromatic heterocycles. The molecule has 0 unspecified atom stereocenters. The van der Waals surface area contributed by atoms with E-state index >= 15 is 0 Å². The van der Waals surface area contributed by atoms with Gasteiger partial charge in [0, 0.05) is 23.2 Å². The molecule has 0 aliphatic rings. The molecule has 0 aliphatic carbocycles. The second kappa shape index (κ2) is 5.94. The van der Waals surface area contributed by atoms with Crippen molar-refractivity contribution in [3.63, 3.8) is 0 Å². The average molecular weight is 290 g/mol. The lowest BCUT2D eigenvalue weighted by Gasteiger charge is -2.19. The normalized spacial score (nSPS) is 11.7. The molecule has 0 atom stereocenters. The highest BCUT2D eigenvalue weighted by molar-refractivity contribution is 7.15. The number of nitrogens with zero attached hydrogens (tertiary/aromatic N) is 1. The maximum absolute atomic E-state index is 5.46. The van der Waals surface area contributed by atoms with Crippen LogP contribution < -0.4 is 10.1 Å². The second-order valence-electron chi connectivity index (χ2n) is 5.94. The van der Waals surface area contributed by atoms with Crippen LogP contribution in [0.2, 0.25) is 0 Å². The van der Waals surface area contributed by atoms with Gasteiger partial charge in [-0.1, -0.05) is 6.07 Å². The van der Waals surface area contributed by atoms with Gasteiger partial charge in [0.2, 0.25) is 0 Å². The van der Waals surface area contributed by atoms with Crippen LogP contribution in [0.5, 0.6) is 5.75 Å². The Morgan fingerprint density at radius 3 is 2.70 bits per heavy atom.